The van der Waals surface area contributed by atoms with Gasteiger partial charge >= 0.3 is 0 Å². The van der Waals surface area contributed by atoms with E-state index in [9.17, 15) is 5.11 Å². The molecule has 142 valence electrons. The smallest absolute Gasteiger partial charge is 0.206 e. The fourth-order valence-electron chi connectivity index (χ4n) is 3.98. The van der Waals surface area contributed by atoms with Gasteiger partial charge < -0.3 is 15.2 Å². The molecule has 0 fully saturated rings. The number of nitrogens with zero attached hydrogens (tertiary/aromatic N) is 1. The number of benzene rings is 1. The zero-order valence-electron chi connectivity index (χ0n) is 15.6. The number of phenolic OH excluding ortho intramolecular Hbond substituents is 1. The summed E-state index contributed by atoms with van der Waals surface area (Å²) in [5.41, 5.74) is 0.334. The van der Waals surface area contributed by atoms with Gasteiger partial charge in [0.1, 0.15) is 11.5 Å². The van der Waals surface area contributed by atoms with Gasteiger partial charge in [-0.3, -0.25) is 0 Å². The first kappa shape index (κ1) is 18.4. The third kappa shape index (κ3) is 3.73. The molecule has 0 bridgehead atoms. The fourth-order valence-corrected chi connectivity index (χ4v) is 5.68. The van der Waals surface area contributed by atoms with Gasteiger partial charge in [-0.1, -0.05) is 30.0 Å². The van der Waals surface area contributed by atoms with Crippen LogP contribution in [0.2, 0.25) is 0 Å². The van der Waals surface area contributed by atoms with Gasteiger partial charge in [0.25, 0.3) is 0 Å². The average molecular weight is 401 g/mol. The van der Waals surface area contributed by atoms with Gasteiger partial charge in [-0.15, -0.1) is 17.9 Å². The Morgan fingerprint density at radius 2 is 2.30 bits per heavy atom. The Labute approximate surface area is 168 Å². The van der Waals surface area contributed by atoms with E-state index in [1.54, 1.807) is 35.2 Å². The van der Waals surface area contributed by atoms with E-state index in [0.717, 1.165) is 35.1 Å². The molecule has 2 aliphatic heterocycles. The first-order valence-corrected chi connectivity index (χ1v) is 10.9. The summed E-state index contributed by atoms with van der Waals surface area (Å²) in [6, 6.07) is 9.70. The number of thiophene rings is 1. The summed E-state index contributed by atoms with van der Waals surface area (Å²) in [5.74, 6) is 1.95. The lowest BCUT2D eigenvalue weighted by Crippen LogP contribution is -2.56. The highest BCUT2D eigenvalue weighted by molar-refractivity contribution is 8.13. The van der Waals surface area contributed by atoms with E-state index < -0.39 is 5.72 Å². The SMILES string of the molecule is C=CCSC1=N[C@@]2(C[C@@H](c3cccs3)c3ccc(O)cc3O2)CC(C)(C)N1. The number of aromatic hydroxyl groups is 1. The zero-order valence-corrected chi connectivity index (χ0v) is 17.2. The van der Waals surface area contributed by atoms with Crippen LogP contribution >= 0.6 is 23.1 Å². The minimum atomic E-state index is -0.645. The second-order valence-electron chi connectivity index (χ2n) is 7.74. The predicted octanol–water partition coefficient (Wildman–Crippen LogP) is 5.11. The fraction of sp³-hybridized carbons (Fsp3) is 0.381. The third-order valence-electron chi connectivity index (χ3n) is 4.89. The van der Waals surface area contributed by atoms with Crippen molar-refractivity contribution in [2.75, 3.05) is 5.75 Å². The maximum Gasteiger partial charge on any atom is 0.206 e. The van der Waals surface area contributed by atoms with E-state index >= 15 is 0 Å². The molecule has 4 nitrogen and oxygen atoms in total. The highest BCUT2D eigenvalue weighted by atomic mass is 32.2. The monoisotopic (exact) mass is 400 g/mol. The largest absolute Gasteiger partial charge is 0.508 e. The summed E-state index contributed by atoms with van der Waals surface area (Å²) >= 11 is 3.40. The molecule has 1 aromatic carbocycles. The van der Waals surface area contributed by atoms with Crippen molar-refractivity contribution in [1.82, 2.24) is 5.32 Å². The van der Waals surface area contributed by atoms with Crippen LogP contribution in [0.5, 0.6) is 11.5 Å². The number of ether oxygens (including phenoxy) is 1. The van der Waals surface area contributed by atoms with Gasteiger partial charge in [-0.2, -0.15) is 0 Å². The van der Waals surface area contributed by atoms with Gasteiger partial charge in [-0.25, -0.2) is 4.99 Å². The van der Waals surface area contributed by atoms with Gasteiger partial charge in [0.15, 0.2) is 5.17 Å². The molecule has 1 spiro atoms. The maximum atomic E-state index is 10.0. The molecule has 0 radical (unpaired) electrons. The number of rotatable bonds is 3. The van der Waals surface area contributed by atoms with E-state index in [0.29, 0.717) is 0 Å². The summed E-state index contributed by atoms with van der Waals surface area (Å²) in [6.45, 7) is 8.17. The van der Waals surface area contributed by atoms with Crippen molar-refractivity contribution in [2.24, 2.45) is 4.99 Å². The summed E-state index contributed by atoms with van der Waals surface area (Å²) in [4.78, 5) is 6.32. The lowest BCUT2D eigenvalue weighted by molar-refractivity contribution is 0.0137. The zero-order chi connectivity index (χ0) is 19.1. The van der Waals surface area contributed by atoms with Gasteiger partial charge in [0.05, 0.1) is 0 Å². The van der Waals surface area contributed by atoms with Crippen LogP contribution < -0.4 is 10.1 Å². The van der Waals surface area contributed by atoms with Crippen molar-refractivity contribution in [2.45, 2.75) is 43.9 Å². The molecule has 0 aliphatic carbocycles. The molecule has 3 heterocycles. The molecule has 2 N–H and O–H groups in total. The molecular formula is C21H24N2O2S2. The van der Waals surface area contributed by atoms with E-state index in [4.69, 9.17) is 9.73 Å². The number of hydrogen-bond donors (Lipinski definition) is 2. The van der Waals surface area contributed by atoms with Crippen molar-refractivity contribution in [3.8, 4) is 11.5 Å². The lowest BCUT2D eigenvalue weighted by Gasteiger charge is -2.47. The second-order valence-corrected chi connectivity index (χ2v) is 9.73. The first-order valence-electron chi connectivity index (χ1n) is 9.07. The van der Waals surface area contributed by atoms with Gasteiger partial charge in [0.2, 0.25) is 5.72 Å². The molecule has 0 amide bonds. The van der Waals surface area contributed by atoms with Crippen LogP contribution in [0.4, 0.5) is 0 Å². The van der Waals surface area contributed by atoms with Crippen LogP contribution in [-0.2, 0) is 0 Å². The summed E-state index contributed by atoms with van der Waals surface area (Å²) in [5, 5.41) is 16.5. The number of nitrogens with one attached hydrogen (secondary N) is 1. The summed E-state index contributed by atoms with van der Waals surface area (Å²) in [7, 11) is 0. The van der Waals surface area contributed by atoms with Crippen LogP contribution in [0, 0.1) is 0 Å². The normalized spacial score (nSPS) is 25.9. The minimum Gasteiger partial charge on any atom is -0.508 e. The molecule has 0 saturated carbocycles. The van der Waals surface area contributed by atoms with Crippen molar-refractivity contribution in [3.05, 3.63) is 58.8 Å². The summed E-state index contributed by atoms with van der Waals surface area (Å²) < 4.78 is 6.49. The molecule has 1 aromatic heterocycles. The number of phenols is 1. The predicted molar refractivity (Wildman–Crippen MR) is 114 cm³/mol. The number of thioether (sulfide) groups is 1. The quantitative estimate of drug-likeness (QED) is 0.703. The number of aliphatic imine (C=N–C) groups is 1. The molecular weight excluding hydrogens is 376 g/mol. The van der Waals surface area contributed by atoms with Gasteiger partial charge in [0, 0.05) is 46.6 Å². The lowest BCUT2D eigenvalue weighted by atomic mass is 9.80. The van der Waals surface area contributed by atoms with E-state index in [1.807, 2.05) is 12.1 Å². The average Bonchev–Trinajstić information content (AvgIpc) is 3.11. The van der Waals surface area contributed by atoms with Crippen molar-refractivity contribution in [3.63, 3.8) is 0 Å². The highest BCUT2D eigenvalue weighted by Gasteiger charge is 2.48. The Balaban J connectivity index is 1.79. The Morgan fingerprint density at radius 3 is 3.04 bits per heavy atom. The van der Waals surface area contributed by atoms with Crippen LogP contribution in [0.25, 0.3) is 0 Å². The molecule has 27 heavy (non-hydrogen) atoms. The van der Waals surface area contributed by atoms with Crippen molar-refractivity contribution < 1.29 is 9.84 Å². The standard InChI is InChI=1S/C21H24N2O2S2/c1-4-9-27-19-22-20(2,3)13-21(23-19)12-16(18-6-5-10-26-18)15-8-7-14(24)11-17(15)25-21/h4-8,10-11,16,24H,1,9,12-13H2,2-3H3,(H,22,23)/t16-,21-/m1/s1. The van der Waals surface area contributed by atoms with Crippen LogP contribution in [0.15, 0.2) is 53.4 Å². The minimum absolute atomic E-state index is 0.139. The second kappa shape index (κ2) is 6.91. The highest BCUT2D eigenvalue weighted by Crippen LogP contribution is 2.50. The van der Waals surface area contributed by atoms with Gasteiger partial charge in [-0.05, 0) is 31.4 Å². The van der Waals surface area contributed by atoms with Crippen molar-refractivity contribution >= 4 is 28.3 Å². The molecule has 2 aromatic rings. The number of amidine groups is 1. The van der Waals surface area contributed by atoms with E-state index in [2.05, 4.69) is 43.3 Å². The molecule has 0 saturated heterocycles. The third-order valence-corrected chi connectivity index (χ3v) is 6.74. The molecule has 0 unspecified atom stereocenters. The Hall–Kier alpha value is -1.92. The van der Waals surface area contributed by atoms with Crippen LogP contribution in [0.3, 0.4) is 0 Å². The van der Waals surface area contributed by atoms with Crippen LogP contribution in [-0.4, -0.2) is 27.3 Å². The Morgan fingerprint density at radius 1 is 1.44 bits per heavy atom. The Bertz CT molecular complexity index is 876. The number of hydrogen-bond acceptors (Lipinski definition) is 6. The Kier molecular flexibility index (Phi) is 4.72. The van der Waals surface area contributed by atoms with E-state index in [-0.39, 0.29) is 17.2 Å². The molecule has 2 aliphatic rings. The maximum absolute atomic E-state index is 10.0. The summed E-state index contributed by atoms with van der Waals surface area (Å²) in [6.07, 6.45) is 3.43. The topological polar surface area (TPSA) is 53.9 Å². The molecule has 6 heteroatoms. The number of fused-ring (bicyclic) bond motifs is 1. The van der Waals surface area contributed by atoms with E-state index in [1.165, 1.54) is 4.88 Å². The first-order chi connectivity index (χ1) is 12.9. The molecule has 2 atom stereocenters. The van der Waals surface area contributed by atoms with Crippen LogP contribution in [0.1, 0.15) is 43.0 Å². The van der Waals surface area contributed by atoms with Crippen molar-refractivity contribution in [1.29, 1.82) is 0 Å². The molecule has 4 rings (SSSR count).